The fraction of sp³-hybridized carbons (Fsp3) is 0. The zero-order valence-corrected chi connectivity index (χ0v) is 31.9. The van der Waals surface area contributed by atoms with Gasteiger partial charge in [0.2, 0.25) is 0 Å². The molecule has 0 aliphatic rings. The van der Waals surface area contributed by atoms with Gasteiger partial charge in [0, 0.05) is 49.3 Å². The summed E-state index contributed by atoms with van der Waals surface area (Å²) in [6.45, 7) is 0. The highest BCUT2D eigenvalue weighted by Crippen LogP contribution is 2.41. The maximum atomic E-state index is 5.53. The number of pyridine rings is 1. The third-order valence-corrected chi connectivity index (χ3v) is 11.8. The van der Waals surface area contributed by atoms with E-state index in [2.05, 4.69) is 205 Å². The molecule has 0 spiro atoms. The lowest BCUT2D eigenvalue weighted by atomic mass is 9.98. The summed E-state index contributed by atoms with van der Waals surface area (Å²) in [5, 5.41) is 9.30. The Kier molecular flexibility index (Phi) is 7.50. The minimum absolute atomic E-state index is 0.708. The van der Waals surface area contributed by atoms with Crippen molar-refractivity contribution in [3.63, 3.8) is 0 Å². The third kappa shape index (κ3) is 5.42. The second-order valence-corrected chi connectivity index (χ2v) is 15.2. The first-order valence-corrected chi connectivity index (χ1v) is 20.0. The van der Waals surface area contributed by atoms with Gasteiger partial charge in [-0.2, -0.15) is 0 Å². The van der Waals surface area contributed by atoms with Gasteiger partial charge in [0.25, 0.3) is 0 Å². The normalized spacial score (nSPS) is 11.7. The Hall–Kier alpha value is -7.95. The van der Waals surface area contributed by atoms with E-state index < -0.39 is 0 Å². The van der Waals surface area contributed by atoms with E-state index in [1.165, 1.54) is 26.9 Å². The van der Waals surface area contributed by atoms with E-state index in [4.69, 9.17) is 15.0 Å². The van der Waals surface area contributed by atoms with Crippen LogP contribution in [0.3, 0.4) is 0 Å². The quantitative estimate of drug-likeness (QED) is 0.165. The molecule has 12 aromatic rings. The maximum Gasteiger partial charge on any atom is 0.160 e. The molecule has 0 amide bonds. The molecule has 0 N–H and O–H groups in total. The van der Waals surface area contributed by atoms with E-state index in [1.807, 2.05) is 6.07 Å². The average Bonchev–Trinajstić information content (AvgIpc) is 3.65. The van der Waals surface area contributed by atoms with Crippen LogP contribution in [0.2, 0.25) is 0 Å². The second-order valence-electron chi connectivity index (χ2n) is 15.2. The average molecular weight is 751 g/mol. The van der Waals surface area contributed by atoms with Gasteiger partial charge in [-0.15, -0.1) is 0 Å². The van der Waals surface area contributed by atoms with Crippen LogP contribution in [0.4, 0.5) is 0 Å². The topological polar surface area (TPSA) is 43.6 Å². The summed E-state index contributed by atoms with van der Waals surface area (Å²) >= 11 is 0. The summed E-state index contributed by atoms with van der Waals surface area (Å²) in [7, 11) is 0. The van der Waals surface area contributed by atoms with E-state index in [1.54, 1.807) is 0 Å². The molecule has 4 heteroatoms. The Morgan fingerprint density at radius 2 is 0.932 bits per heavy atom. The number of nitrogens with zero attached hydrogens (tertiary/aromatic N) is 4. The first kappa shape index (κ1) is 33.2. The lowest BCUT2D eigenvalue weighted by Crippen LogP contribution is -1.97. The van der Waals surface area contributed by atoms with Crippen LogP contribution in [0.25, 0.3) is 116 Å². The van der Waals surface area contributed by atoms with Gasteiger partial charge in [-0.1, -0.05) is 176 Å². The highest BCUT2D eigenvalue weighted by molar-refractivity contribution is 6.23. The van der Waals surface area contributed by atoms with Crippen LogP contribution in [-0.2, 0) is 0 Å². The minimum Gasteiger partial charge on any atom is -0.307 e. The monoisotopic (exact) mass is 750 g/mol. The molecule has 9 aromatic carbocycles. The van der Waals surface area contributed by atoms with Crippen molar-refractivity contribution in [1.29, 1.82) is 0 Å². The smallest absolute Gasteiger partial charge is 0.160 e. The van der Waals surface area contributed by atoms with Crippen LogP contribution in [-0.4, -0.2) is 19.5 Å². The first-order valence-electron chi connectivity index (χ1n) is 20.0. The fourth-order valence-corrected chi connectivity index (χ4v) is 8.93. The SMILES string of the molecule is c1ccc(-c2nc3c(ccc4c5ccc(-c6ccc(-c7nc(-c8ccc9ccccc9c8)c8ccccc8n7)cc6)cc5n(-c5ccccc5)c43)c3ccccc23)cc1. The van der Waals surface area contributed by atoms with Gasteiger partial charge in [0.05, 0.1) is 33.5 Å². The van der Waals surface area contributed by atoms with Gasteiger partial charge < -0.3 is 4.57 Å². The number of para-hydroxylation sites is 2. The van der Waals surface area contributed by atoms with Crippen LogP contribution in [0, 0.1) is 0 Å². The van der Waals surface area contributed by atoms with Gasteiger partial charge in [0.1, 0.15) is 0 Å². The molecule has 0 radical (unpaired) electrons. The van der Waals surface area contributed by atoms with Crippen molar-refractivity contribution in [1.82, 2.24) is 19.5 Å². The van der Waals surface area contributed by atoms with E-state index >= 15 is 0 Å². The van der Waals surface area contributed by atoms with Crippen LogP contribution < -0.4 is 0 Å². The standard InChI is InChI=1S/C55H34N4/c1-3-14-37(15-4-1)51-45-20-10-9-19-43(45)46-31-32-47-44-30-29-40(34-50(44)59(54(47)53(46)57-51)42-17-5-2-6-18-42)36-23-26-38(27-24-36)55-56-49-22-12-11-21-48(49)52(58-55)41-28-25-35-13-7-8-16-39(35)33-41/h1-34H. The van der Waals surface area contributed by atoms with Crippen LogP contribution in [0.15, 0.2) is 206 Å². The molecular formula is C55H34N4. The van der Waals surface area contributed by atoms with Gasteiger partial charge >= 0.3 is 0 Å². The van der Waals surface area contributed by atoms with Crippen LogP contribution >= 0.6 is 0 Å². The molecular weight excluding hydrogens is 717 g/mol. The number of benzene rings is 9. The molecule has 0 bridgehead atoms. The molecule has 0 unspecified atom stereocenters. The predicted octanol–water partition coefficient (Wildman–Crippen LogP) is 14.2. The second kappa shape index (κ2) is 13.3. The Labute approximate surface area is 340 Å². The van der Waals surface area contributed by atoms with Crippen molar-refractivity contribution < 1.29 is 0 Å². The van der Waals surface area contributed by atoms with Crippen molar-refractivity contribution in [2.24, 2.45) is 0 Å². The van der Waals surface area contributed by atoms with E-state index in [-0.39, 0.29) is 0 Å². The fourth-order valence-electron chi connectivity index (χ4n) is 8.93. The molecule has 0 aliphatic carbocycles. The van der Waals surface area contributed by atoms with E-state index in [0.29, 0.717) is 5.82 Å². The lowest BCUT2D eigenvalue weighted by Gasteiger charge is -2.13. The van der Waals surface area contributed by atoms with Crippen molar-refractivity contribution >= 4 is 65.2 Å². The molecule has 3 heterocycles. The molecule has 0 fully saturated rings. The zero-order valence-electron chi connectivity index (χ0n) is 31.9. The Morgan fingerprint density at radius 3 is 1.76 bits per heavy atom. The van der Waals surface area contributed by atoms with Gasteiger partial charge in [0.15, 0.2) is 5.82 Å². The third-order valence-electron chi connectivity index (χ3n) is 11.8. The number of hydrogen-bond acceptors (Lipinski definition) is 3. The summed E-state index contributed by atoms with van der Waals surface area (Å²) in [5.41, 5.74) is 12.6. The number of rotatable bonds is 5. The molecule has 12 rings (SSSR count). The van der Waals surface area contributed by atoms with Gasteiger partial charge in [-0.25, -0.2) is 15.0 Å². The maximum absolute atomic E-state index is 5.53. The predicted molar refractivity (Wildman–Crippen MR) is 246 cm³/mol. The summed E-state index contributed by atoms with van der Waals surface area (Å²) in [6.07, 6.45) is 0. The van der Waals surface area contributed by atoms with Crippen molar-refractivity contribution in [2.45, 2.75) is 0 Å². The summed E-state index contributed by atoms with van der Waals surface area (Å²) in [5.74, 6) is 0.708. The molecule has 59 heavy (non-hydrogen) atoms. The molecule has 0 saturated heterocycles. The number of fused-ring (bicyclic) bond motifs is 9. The number of aromatic nitrogens is 4. The van der Waals surface area contributed by atoms with Crippen LogP contribution in [0.1, 0.15) is 0 Å². The molecule has 0 saturated carbocycles. The first-order chi connectivity index (χ1) is 29.2. The van der Waals surface area contributed by atoms with Crippen molar-refractivity contribution in [3.8, 4) is 50.7 Å². The highest BCUT2D eigenvalue weighted by Gasteiger charge is 2.20. The molecule has 0 atom stereocenters. The Balaban J connectivity index is 1.02. The Bertz CT molecular complexity index is 3590. The lowest BCUT2D eigenvalue weighted by molar-refractivity contribution is 1.18. The van der Waals surface area contributed by atoms with E-state index in [9.17, 15) is 0 Å². The zero-order chi connectivity index (χ0) is 38.9. The molecule has 3 aromatic heterocycles. The summed E-state index contributed by atoms with van der Waals surface area (Å²) in [6, 6.07) is 73.2. The molecule has 4 nitrogen and oxygen atoms in total. The number of hydrogen-bond donors (Lipinski definition) is 0. The van der Waals surface area contributed by atoms with Crippen LogP contribution in [0.5, 0.6) is 0 Å². The van der Waals surface area contributed by atoms with Crippen molar-refractivity contribution in [3.05, 3.63) is 206 Å². The molecule has 0 aliphatic heterocycles. The highest BCUT2D eigenvalue weighted by atomic mass is 15.0. The van der Waals surface area contributed by atoms with Gasteiger partial charge in [-0.3, -0.25) is 0 Å². The van der Waals surface area contributed by atoms with E-state index in [0.717, 1.165) is 83.1 Å². The van der Waals surface area contributed by atoms with Gasteiger partial charge in [-0.05, 0) is 57.6 Å². The molecule has 274 valence electrons. The Morgan fingerprint density at radius 1 is 0.322 bits per heavy atom. The van der Waals surface area contributed by atoms with Crippen molar-refractivity contribution in [2.75, 3.05) is 0 Å². The summed E-state index contributed by atoms with van der Waals surface area (Å²) in [4.78, 5) is 15.8. The minimum atomic E-state index is 0.708. The largest absolute Gasteiger partial charge is 0.307 e. The summed E-state index contributed by atoms with van der Waals surface area (Å²) < 4.78 is 2.40.